The van der Waals surface area contributed by atoms with Crippen molar-refractivity contribution in [1.82, 2.24) is 5.32 Å². The van der Waals surface area contributed by atoms with Gasteiger partial charge in [-0.25, -0.2) is 13.2 Å². The summed E-state index contributed by atoms with van der Waals surface area (Å²) in [6, 6.07) is 0.746. The zero-order chi connectivity index (χ0) is 11.7. The molecule has 0 unspecified atom stereocenters. The molecule has 1 heterocycles. The van der Waals surface area contributed by atoms with E-state index in [0.29, 0.717) is 26.2 Å². The summed E-state index contributed by atoms with van der Waals surface area (Å²) in [6.07, 6.45) is 0. The minimum absolute atomic E-state index is 0.111. The molecule has 0 saturated carbocycles. The second-order valence-corrected chi connectivity index (χ2v) is 3.86. The van der Waals surface area contributed by atoms with E-state index in [2.05, 4.69) is 5.32 Å². The number of nitrogens with one attached hydrogen (secondary N) is 1. The second-order valence-electron chi connectivity index (χ2n) is 3.86. The third-order valence-corrected chi connectivity index (χ3v) is 2.81. The number of hydrogen-bond acceptors (Lipinski definition) is 2. The van der Waals surface area contributed by atoms with Crippen LogP contribution < -0.4 is 10.2 Å². The van der Waals surface area contributed by atoms with E-state index in [9.17, 15) is 13.2 Å². The maximum absolute atomic E-state index is 13.8. The molecule has 5 heteroatoms. The summed E-state index contributed by atoms with van der Waals surface area (Å²) in [5, 5.41) is 3.09. The van der Waals surface area contributed by atoms with Crippen LogP contribution in [0.15, 0.2) is 6.07 Å². The summed E-state index contributed by atoms with van der Waals surface area (Å²) in [5.74, 6) is -2.46. The Bertz CT molecular complexity index is 401. The van der Waals surface area contributed by atoms with E-state index in [4.69, 9.17) is 0 Å². The van der Waals surface area contributed by atoms with Crippen molar-refractivity contribution in [2.75, 3.05) is 31.1 Å². The number of hydrogen-bond donors (Lipinski definition) is 1. The second kappa shape index (κ2) is 4.33. The van der Waals surface area contributed by atoms with Crippen LogP contribution in [0.5, 0.6) is 0 Å². The first-order valence-electron chi connectivity index (χ1n) is 5.21. The van der Waals surface area contributed by atoms with Crippen molar-refractivity contribution in [3.05, 3.63) is 29.1 Å². The van der Waals surface area contributed by atoms with Crippen molar-refractivity contribution >= 4 is 5.69 Å². The summed E-state index contributed by atoms with van der Waals surface area (Å²) >= 11 is 0. The molecule has 0 aromatic heterocycles. The zero-order valence-corrected chi connectivity index (χ0v) is 8.99. The van der Waals surface area contributed by atoms with Gasteiger partial charge < -0.3 is 10.2 Å². The van der Waals surface area contributed by atoms with Crippen LogP contribution in [0.3, 0.4) is 0 Å². The quantitative estimate of drug-likeness (QED) is 0.791. The molecular formula is C11H13F3N2. The molecule has 0 spiro atoms. The average molecular weight is 230 g/mol. The molecule has 1 N–H and O–H groups in total. The maximum Gasteiger partial charge on any atom is 0.155 e. The van der Waals surface area contributed by atoms with E-state index in [-0.39, 0.29) is 11.3 Å². The summed E-state index contributed by atoms with van der Waals surface area (Å²) in [5.41, 5.74) is -0.240. The third kappa shape index (κ3) is 1.87. The molecule has 0 atom stereocenters. The van der Waals surface area contributed by atoms with Gasteiger partial charge in [0, 0.05) is 37.8 Å². The van der Waals surface area contributed by atoms with Gasteiger partial charge in [0.15, 0.2) is 11.6 Å². The van der Waals surface area contributed by atoms with Crippen molar-refractivity contribution in [3.8, 4) is 0 Å². The van der Waals surface area contributed by atoms with Gasteiger partial charge in [-0.1, -0.05) is 0 Å². The molecule has 0 aliphatic carbocycles. The van der Waals surface area contributed by atoms with Gasteiger partial charge in [-0.15, -0.1) is 0 Å². The fourth-order valence-corrected chi connectivity index (χ4v) is 1.85. The van der Waals surface area contributed by atoms with Crippen molar-refractivity contribution < 1.29 is 13.2 Å². The summed E-state index contributed by atoms with van der Waals surface area (Å²) in [4.78, 5) is 1.60. The predicted octanol–water partition coefficient (Wildman–Crippen LogP) is 1.82. The van der Waals surface area contributed by atoms with Crippen molar-refractivity contribution in [3.63, 3.8) is 0 Å². The molecule has 2 nitrogen and oxygen atoms in total. The maximum atomic E-state index is 13.8. The Morgan fingerprint density at radius 1 is 1.12 bits per heavy atom. The lowest BCUT2D eigenvalue weighted by atomic mass is 10.1. The number of benzene rings is 1. The lowest BCUT2D eigenvalue weighted by Crippen LogP contribution is -2.44. The highest BCUT2D eigenvalue weighted by Gasteiger charge is 2.22. The standard InChI is InChI=1S/C11H13F3N2/c1-7-8(12)6-9(13)11(10(7)14)16-4-2-15-3-5-16/h6,15H,2-5H2,1H3. The zero-order valence-electron chi connectivity index (χ0n) is 8.99. The van der Waals surface area contributed by atoms with Gasteiger partial charge in [0.25, 0.3) is 0 Å². The highest BCUT2D eigenvalue weighted by Crippen LogP contribution is 2.27. The van der Waals surface area contributed by atoms with Crippen LogP contribution in [-0.2, 0) is 0 Å². The fourth-order valence-electron chi connectivity index (χ4n) is 1.85. The topological polar surface area (TPSA) is 15.3 Å². The summed E-state index contributed by atoms with van der Waals surface area (Å²) in [7, 11) is 0. The van der Waals surface area contributed by atoms with E-state index in [1.807, 2.05) is 0 Å². The van der Waals surface area contributed by atoms with Crippen LogP contribution in [0.4, 0.5) is 18.9 Å². The highest BCUT2D eigenvalue weighted by molar-refractivity contribution is 5.52. The lowest BCUT2D eigenvalue weighted by Gasteiger charge is -2.30. The van der Waals surface area contributed by atoms with Gasteiger partial charge in [0.1, 0.15) is 11.5 Å². The van der Waals surface area contributed by atoms with Gasteiger partial charge in [-0.3, -0.25) is 0 Å². The fraction of sp³-hybridized carbons (Fsp3) is 0.455. The molecule has 88 valence electrons. The number of piperazine rings is 1. The van der Waals surface area contributed by atoms with Crippen LogP contribution in [0.2, 0.25) is 0 Å². The van der Waals surface area contributed by atoms with Crippen LogP contribution in [0, 0.1) is 24.4 Å². The Morgan fingerprint density at radius 2 is 1.75 bits per heavy atom. The van der Waals surface area contributed by atoms with Crippen LogP contribution in [-0.4, -0.2) is 26.2 Å². The number of nitrogens with zero attached hydrogens (tertiary/aromatic N) is 1. The Hall–Kier alpha value is -1.23. The largest absolute Gasteiger partial charge is 0.364 e. The molecule has 1 saturated heterocycles. The summed E-state index contributed by atoms with van der Waals surface area (Å²) in [6.45, 7) is 3.72. The number of anilines is 1. The van der Waals surface area contributed by atoms with E-state index >= 15 is 0 Å². The molecule has 2 rings (SSSR count). The number of halogens is 3. The first kappa shape index (κ1) is 11.3. The lowest BCUT2D eigenvalue weighted by molar-refractivity contribution is 0.512. The Kier molecular flexibility index (Phi) is 3.05. The molecule has 1 fully saturated rings. The Morgan fingerprint density at radius 3 is 2.38 bits per heavy atom. The molecule has 1 aromatic carbocycles. The van der Waals surface area contributed by atoms with Crippen LogP contribution >= 0.6 is 0 Å². The minimum atomic E-state index is -0.839. The Labute approximate surface area is 92.1 Å². The predicted molar refractivity (Wildman–Crippen MR) is 56.1 cm³/mol. The monoisotopic (exact) mass is 230 g/mol. The van der Waals surface area contributed by atoms with Crippen molar-refractivity contribution in [2.24, 2.45) is 0 Å². The van der Waals surface area contributed by atoms with Crippen LogP contribution in [0.1, 0.15) is 5.56 Å². The van der Waals surface area contributed by atoms with E-state index in [1.54, 1.807) is 4.90 Å². The van der Waals surface area contributed by atoms with Crippen LogP contribution in [0.25, 0.3) is 0 Å². The highest BCUT2D eigenvalue weighted by atomic mass is 19.1. The van der Waals surface area contributed by atoms with Gasteiger partial charge >= 0.3 is 0 Å². The molecule has 1 aliphatic heterocycles. The first-order chi connectivity index (χ1) is 7.61. The molecule has 0 radical (unpaired) electrons. The molecule has 0 amide bonds. The average Bonchev–Trinajstić information content (AvgIpc) is 2.28. The Balaban J connectivity index is 2.42. The van der Waals surface area contributed by atoms with Crippen molar-refractivity contribution in [1.29, 1.82) is 0 Å². The minimum Gasteiger partial charge on any atom is -0.364 e. The van der Waals surface area contributed by atoms with E-state index in [0.717, 1.165) is 6.07 Å². The molecule has 0 bridgehead atoms. The molecule has 1 aliphatic rings. The molecular weight excluding hydrogens is 217 g/mol. The first-order valence-corrected chi connectivity index (χ1v) is 5.21. The molecule has 16 heavy (non-hydrogen) atoms. The van der Waals surface area contributed by atoms with Crippen molar-refractivity contribution in [2.45, 2.75) is 6.92 Å². The summed E-state index contributed by atoms with van der Waals surface area (Å²) < 4.78 is 40.4. The third-order valence-electron chi connectivity index (χ3n) is 2.81. The number of rotatable bonds is 1. The van der Waals surface area contributed by atoms with Gasteiger partial charge in [0.2, 0.25) is 0 Å². The van der Waals surface area contributed by atoms with Gasteiger partial charge in [-0.2, -0.15) is 0 Å². The van der Waals surface area contributed by atoms with Gasteiger partial charge in [-0.05, 0) is 6.92 Å². The SMILES string of the molecule is Cc1c(F)cc(F)c(N2CCNCC2)c1F. The normalized spacial score (nSPS) is 16.6. The van der Waals surface area contributed by atoms with E-state index in [1.165, 1.54) is 6.92 Å². The van der Waals surface area contributed by atoms with Gasteiger partial charge in [0.05, 0.1) is 0 Å². The molecule has 1 aromatic rings. The van der Waals surface area contributed by atoms with E-state index < -0.39 is 17.5 Å². The smallest absolute Gasteiger partial charge is 0.155 e.